The molecule has 3 aromatic rings. The number of rotatable bonds is 5. The van der Waals surface area contributed by atoms with E-state index in [1.54, 1.807) is 0 Å². The summed E-state index contributed by atoms with van der Waals surface area (Å²) in [6, 6.07) is 14.9. The second-order valence-electron chi connectivity index (χ2n) is 7.10. The number of fused-ring (bicyclic) bond motifs is 1. The number of nitrogens with two attached hydrogens (primary N) is 1. The molecule has 0 bridgehead atoms. The molecule has 1 fully saturated rings. The van der Waals surface area contributed by atoms with Gasteiger partial charge in [-0.3, -0.25) is 0 Å². The van der Waals surface area contributed by atoms with Gasteiger partial charge < -0.3 is 15.2 Å². The number of hydrogen-bond acceptors (Lipinski definition) is 3. The molecule has 1 aliphatic heterocycles. The predicted molar refractivity (Wildman–Crippen MR) is 108 cm³/mol. The van der Waals surface area contributed by atoms with Gasteiger partial charge in [0, 0.05) is 32.7 Å². The van der Waals surface area contributed by atoms with Crippen LogP contribution in [0.1, 0.15) is 24.2 Å². The zero-order valence-corrected chi connectivity index (χ0v) is 15.4. The van der Waals surface area contributed by atoms with Gasteiger partial charge in [0.25, 0.3) is 0 Å². The van der Waals surface area contributed by atoms with Gasteiger partial charge in [-0.2, -0.15) is 0 Å². The minimum absolute atomic E-state index is 0.208. The Morgan fingerprint density at radius 1 is 1.04 bits per heavy atom. The maximum atomic E-state index is 13.3. The lowest BCUT2D eigenvalue weighted by molar-refractivity contribution is 0.264. The number of benzene rings is 2. The van der Waals surface area contributed by atoms with Crippen molar-refractivity contribution in [2.24, 2.45) is 5.73 Å². The molecule has 0 aliphatic carbocycles. The average molecular weight is 364 g/mol. The molecule has 2 N–H and O–H groups in total. The first kappa shape index (κ1) is 17.9. The zero-order valence-electron chi connectivity index (χ0n) is 15.4. The smallest absolute Gasteiger partial charge is 0.134 e. The summed E-state index contributed by atoms with van der Waals surface area (Å²) in [6.45, 7) is 4.48. The highest BCUT2D eigenvalue weighted by Crippen LogP contribution is 2.23. The number of aromatic nitrogens is 2. The highest BCUT2D eigenvalue weighted by atomic mass is 19.1. The molecule has 0 unspecified atom stereocenters. The van der Waals surface area contributed by atoms with Gasteiger partial charge in [0.2, 0.25) is 0 Å². The molecule has 2 aromatic carbocycles. The Morgan fingerprint density at radius 2 is 1.78 bits per heavy atom. The van der Waals surface area contributed by atoms with Crippen LogP contribution in [0.5, 0.6) is 0 Å². The van der Waals surface area contributed by atoms with Gasteiger partial charge in [-0.25, -0.2) is 9.37 Å². The number of nitrogens with zero attached hydrogens (tertiary/aromatic N) is 3. The monoisotopic (exact) mass is 364 g/mol. The fraction of sp³-hybridized carbons (Fsp3) is 0.318. The molecule has 0 spiro atoms. The first-order chi connectivity index (χ1) is 13.2. The van der Waals surface area contributed by atoms with Crippen molar-refractivity contribution in [3.63, 3.8) is 0 Å². The van der Waals surface area contributed by atoms with Crippen LogP contribution in [0.3, 0.4) is 0 Å². The molecule has 1 saturated heterocycles. The van der Waals surface area contributed by atoms with Crippen LogP contribution in [0, 0.1) is 5.82 Å². The van der Waals surface area contributed by atoms with Crippen LogP contribution in [-0.4, -0.2) is 40.6 Å². The summed E-state index contributed by atoms with van der Waals surface area (Å²) >= 11 is 0. The summed E-state index contributed by atoms with van der Waals surface area (Å²) in [5.74, 6) is 0.767. The summed E-state index contributed by atoms with van der Waals surface area (Å²) < 4.78 is 15.5. The summed E-state index contributed by atoms with van der Waals surface area (Å²) in [6.07, 6.45) is 4.35. The normalized spacial score (nSPS) is 15.4. The van der Waals surface area contributed by atoms with E-state index in [2.05, 4.69) is 21.6 Å². The highest BCUT2D eigenvalue weighted by molar-refractivity contribution is 5.78. The minimum Gasteiger partial charge on any atom is -0.329 e. The van der Waals surface area contributed by atoms with E-state index in [4.69, 9.17) is 10.7 Å². The van der Waals surface area contributed by atoms with Gasteiger partial charge in [0.1, 0.15) is 11.6 Å². The van der Waals surface area contributed by atoms with Crippen LogP contribution in [0.15, 0.2) is 54.1 Å². The van der Waals surface area contributed by atoms with Crippen LogP contribution >= 0.6 is 0 Å². The molecule has 0 saturated carbocycles. The first-order valence-electron chi connectivity index (χ1n) is 9.54. The van der Waals surface area contributed by atoms with Gasteiger partial charge >= 0.3 is 0 Å². The maximum absolute atomic E-state index is 13.3. The number of imidazole rings is 1. The molecule has 27 heavy (non-hydrogen) atoms. The van der Waals surface area contributed by atoms with Crippen molar-refractivity contribution in [1.82, 2.24) is 14.5 Å². The topological polar surface area (TPSA) is 47.1 Å². The van der Waals surface area contributed by atoms with Crippen molar-refractivity contribution in [2.75, 3.05) is 26.2 Å². The first-order valence-corrected chi connectivity index (χ1v) is 9.54. The van der Waals surface area contributed by atoms with E-state index in [1.165, 1.54) is 17.7 Å². The SMILES string of the molecule is NCCN1CCC(=Cc2nc3ccccc3n2Cc2ccc(F)cc2)CC1. The number of likely N-dealkylation sites (tertiary alicyclic amines) is 1. The van der Waals surface area contributed by atoms with Gasteiger partial charge in [0.05, 0.1) is 11.0 Å². The van der Waals surface area contributed by atoms with E-state index < -0.39 is 0 Å². The van der Waals surface area contributed by atoms with Crippen molar-refractivity contribution < 1.29 is 4.39 Å². The van der Waals surface area contributed by atoms with E-state index >= 15 is 0 Å². The molecule has 0 amide bonds. The quantitative estimate of drug-likeness (QED) is 0.752. The molecule has 5 heteroatoms. The Bertz CT molecular complexity index is 933. The fourth-order valence-corrected chi connectivity index (χ4v) is 3.72. The van der Waals surface area contributed by atoms with E-state index in [9.17, 15) is 4.39 Å². The Balaban J connectivity index is 1.64. The Hall–Kier alpha value is -2.50. The highest BCUT2D eigenvalue weighted by Gasteiger charge is 2.15. The fourth-order valence-electron chi connectivity index (χ4n) is 3.72. The summed E-state index contributed by atoms with van der Waals surface area (Å²) in [4.78, 5) is 7.27. The lowest BCUT2D eigenvalue weighted by Gasteiger charge is -2.27. The molecular formula is C22H25FN4. The van der Waals surface area contributed by atoms with Crippen molar-refractivity contribution in [3.05, 3.63) is 71.3 Å². The van der Waals surface area contributed by atoms with Crippen LogP contribution < -0.4 is 5.73 Å². The van der Waals surface area contributed by atoms with Crippen molar-refractivity contribution >= 4 is 17.1 Å². The molecule has 1 aromatic heterocycles. The summed E-state index contributed by atoms with van der Waals surface area (Å²) in [5.41, 5.74) is 10.3. The Morgan fingerprint density at radius 3 is 2.52 bits per heavy atom. The molecule has 4 rings (SSSR count). The molecule has 0 radical (unpaired) electrons. The molecule has 0 atom stereocenters. The molecule has 140 valence electrons. The predicted octanol–water partition coefficient (Wildman–Crippen LogP) is 3.66. The zero-order chi connectivity index (χ0) is 18.6. The number of halogens is 1. The summed E-state index contributed by atoms with van der Waals surface area (Å²) in [5, 5.41) is 0. The van der Waals surface area contributed by atoms with E-state index in [0.29, 0.717) is 13.1 Å². The Labute approximate surface area is 159 Å². The number of para-hydroxylation sites is 2. The standard InChI is InChI=1S/C22H25FN4/c23-19-7-5-18(6-8-19)16-27-21-4-2-1-3-20(21)25-22(27)15-17-9-12-26(13-10-17)14-11-24/h1-8,15H,9-14,16,24H2. The largest absolute Gasteiger partial charge is 0.329 e. The van der Waals surface area contributed by atoms with E-state index in [1.807, 2.05) is 30.3 Å². The second kappa shape index (κ2) is 8.03. The summed E-state index contributed by atoms with van der Waals surface area (Å²) in [7, 11) is 0. The third kappa shape index (κ3) is 4.10. The van der Waals surface area contributed by atoms with Crippen LogP contribution in [0.25, 0.3) is 17.1 Å². The van der Waals surface area contributed by atoms with E-state index in [0.717, 1.165) is 54.9 Å². The minimum atomic E-state index is -0.208. The average Bonchev–Trinajstić information content (AvgIpc) is 3.02. The lowest BCUT2D eigenvalue weighted by atomic mass is 10.0. The molecule has 1 aliphatic rings. The van der Waals surface area contributed by atoms with Crippen molar-refractivity contribution in [1.29, 1.82) is 0 Å². The Kier molecular flexibility index (Phi) is 5.32. The van der Waals surface area contributed by atoms with Crippen molar-refractivity contribution in [2.45, 2.75) is 19.4 Å². The number of piperidine rings is 1. The van der Waals surface area contributed by atoms with Gasteiger partial charge in [-0.15, -0.1) is 0 Å². The van der Waals surface area contributed by atoms with Gasteiger partial charge in [-0.1, -0.05) is 29.8 Å². The molecular weight excluding hydrogens is 339 g/mol. The molecule has 4 nitrogen and oxygen atoms in total. The van der Waals surface area contributed by atoms with Crippen molar-refractivity contribution in [3.8, 4) is 0 Å². The van der Waals surface area contributed by atoms with Crippen LogP contribution in [-0.2, 0) is 6.54 Å². The van der Waals surface area contributed by atoms with Crippen LogP contribution in [0.4, 0.5) is 4.39 Å². The second-order valence-corrected chi connectivity index (χ2v) is 7.10. The van der Waals surface area contributed by atoms with Gasteiger partial charge in [-0.05, 0) is 48.7 Å². The maximum Gasteiger partial charge on any atom is 0.134 e. The number of hydrogen-bond donors (Lipinski definition) is 1. The third-order valence-corrected chi connectivity index (χ3v) is 5.21. The van der Waals surface area contributed by atoms with E-state index in [-0.39, 0.29) is 5.82 Å². The molecule has 2 heterocycles. The third-order valence-electron chi connectivity index (χ3n) is 5.21. The lowest BCUT2D eigenvalue weighted by Crippen LogP contribution is -2.34. The van der Waals surface area contributed by atoms with Crippen LogP contribution in [0.2, 0.25) is 0 Å². The van der Waals surface area contributed by atoms with Gasteiger partial charge in [0.15, 0.2) is 0 Å².